The quantitative estimate of drug-likeness (QED) is 0.796. The van der Waals surface area contributed by atoms with Crippen molar-refractivity contribution in [2.24, 2.45) is 0 Å². The normalized spacial score (nSPS) is 17.9. The van der Waals surface area contributed by atoms with E-state index >= 15 is 0 Å². The Morgan fingerprint density at radius 2 is 1.54 bits per heavy atom. The maximum absolute atomic E-state index is 12.7. The Morgan fingerprint density at radius 3 is 2.25 bits per heavy atom. The zero-order valence-corrected chi connectivity index (χ0v) is 16.8. The van der Waals surface area contributed by atoms with Crippen LogP contribution >= 0.6 is 0 Å². The van der Waals surface area contributed by atoms with Crippen molar-refractivity contribution < 1.29 is 13.2 Å². The summed E-state index contributed by atoms with van der Waals surface area (Å²) in [5, 5.41) is 0. The molecule has 1 fully saturated rings. The monoisotopic (exact) mass is 398 g/mol. The van der Waals surface area contributed by atoms with E-state index in [1.165, 1.54) is 11.1 Å². The Morgan fingerprint density at radius 1 is 0.857 bits per heavy atom. The van der Waals surface area contributed by atoms with E-state index in [9.17, 15) is 13.2 Å². The van der Waals surface area contributed by atoms with E-state index in [2.05, 4.69) is 12.1 Å². The largest absolute Gasteiger partial charge is 0.338 e. The smallest absolute Gasteiger partial charge is 0.243 e. The fraction of sp³-hybridized carbons (Fsp3) is 0.409. The van der Waals surface area contributed by atoms with Crippen molar-refractivity contribution in [1.82, 2.24) is 9.21 Å². The summed E-state index contributed by atoms with van der Waals surface area (Å²) in [5.41, 5.74) is 3.38. The molecule has 0 bridgehead atoms. The van der Waals surface area contributed by atoms with Gasteiger partial charge in [-0.2, -0.15) is 4.31 Å². The predicted molar refractivity (Wildman–Crippen MR) is 108 cm³/mol. The van der Waals surface area contributed by atoms with Gasteiger partial charge < -0.3 is 4.90 Å². The maximum atomic E-state index is 12.7. The highest BCUT2D eigenvalue weighted by atomic mass is 32.2. The average molecular weight is 399 g/mol. The van der Waals surface area contributed by atoms with Crippen molar-refractivity contribution in [3.8, 4) is 0 Å². The summed E-state index contributed by atoms with van der Waals surface area (Å²) in [4.78, 5) is 14.9. The molecule has 2 heterocycles. The first-order valence-corrected chi connectivity index (χ1v) is 11.4. The van der Waals surface area contributed by atoms with Crippen molar-refractivity contribution in [2.45, 2.75) is 43.5 Å². The number of amides is 1. The molecule has 0 aliphatic carbocycles. The van der Waals surface area contributed by atoms with E-state index in [1.54, 1.807) is 28.6 Å². The third kappa shape index (κ3) is 3.98. The minimum atomic E-state index is -3.42. The van der Waals surface area contributed by atoms with Gasteiger partial charge in [-0.15, -0.1) is 0 Å². The van der Waals surface area contributed by atoms with Gasteiger partial charge in [-0.25, -0.2) is 8.42 Å². The van der Waals surface area contributed by atoms with E-state index in [0.29, 0.717) is 31.0 Å². The predicted octanol–water partition coefficient (Wildman–Crippen LogP) is 2.99. The third-order valence-electron chi connectivity index (χ3n) is 5.71. The average Bonchev–Trinajstić information content (AvgIpc) is 2.74. The number of hydrogen-bond donors (Lipinski definition) is 0. The number of piperidine rings is 1. The molecule has 28 heavy (non-hydrogen) atoms. The van der Waals surface area contributed by atoms with Gasteiger partial charge >= 0.3 is 0 Å². The Labute approximate surface area is 167 Å². The first kappa shape index (κ1) is 19.2. The van der Waals surface area contributed by atoms with Crippen molar-refractivity contribution >= 4 is 15.9 Å². The number of sulfonamides is 1. The fourth-order valence-electron chi connectivity index (χ4n) is 4.03. The van der Waals surface area contributed by atoms with Gasteiger partial charge in [0.15, 0.2) is 0 Å². The summed E-state index contributed by atoms with van der Waals surface area (Å²) in [6.45, 7) is 2.58. The molecule has 0 N–H and O–H groups in total. The van der Waals surface area contributed by atoms with Crippen LogP contribution in [-0.2, 0) is 34.2 Å². The highest BCUT2D eigenvalue weighted by molar-refractivity contribution is 7.89. The highest BCUT2D eigenvalue weighted by Crippen LogP contribution is 2.22. The molecule has 2 aliphatic rings. The van der Waals surface area contributed by atoms with Crippen molar-refractivity contribution in [1.29, 1.82) is 0 Å². The van der Waals surface area contributed by atoms with Crippen LogP contribution in [0.1, 0.15) is 36.0 Å². The first-order chi connectivity index (χ1) is 13.5. The molecule has 0 atom stereocenters. The summed E-state index contributed by atoms with van der Waals surface area (Å²) in [5.74, 6) is 0.0844. The Kier molecular flexibility index (Phi) is 5.51. The number of carbonyl (C=O) groups is 1. The number of rotatable bonds is 4. The molecule has 0 aromatic heterocycles. The maximum Gasteiger partial charge on any atom is 0.243 e. The minimum Gasteiger partial charge on any atom is -0.338 e. The topological polar surface area (TPSA) is 57.7 Å². The molecular formula is C22H26N2O3S. The number of fused-ring (bicyclic) bond motifs is 1. The van der Waals surface area contributed by atoms with Crippen molar-refractivity contribution in [3.05, 3.63) is 65.2 Å². The van der Waals surface area contributed by atoms with E-state index in [4.69, 9.17) is 0 Å². The molecule has 4 rings (SSSR count). The van der Waals surface area contributed by atoms with E-state index in [0.717, 1.165) is 37.8 Å². The lowest BCUT2D eigenvalue weighted by atomic mass is 9.99. The number of nitrogens with zero attached hydrogens (tertiary/aromatic N) is 2. The summed E-state index contributed by atoms with van der Waals surface area (Å²) in [6.07, 6.45) is 4.12. The molecular weight excluding hydrogens is 372 g/mol. The minimum absolute atomic E-state index is 0.0844. The zero-order chi connectivity index (χ0) is 19.6. The van der Waals surface area contributed by atoms with Crippen LogP contribution in [0.3, 0.4) is 0 Å². The van der Waals surface area contributed by atoms with E-state index in [-0.39, 0.29) is 5.91 Å². The third-order valence-corrected chi connectivity index (χ3v) is 7.63. The van der Waals surface area contributed by atoms with Gasteiger partial charge in [0.25, 0.3) is 0 Å². The van der Waals surface area contributed by atoms with Crippen molar-refractivity contribution in [2.75, 3.05) is 19.6 Å². The number of hydrogen-bond acceptors (Lipinski definition) is 3. The van der Waals surface area contributed by atoms with Crippen LogP contribution in [0, 0.1) is 0 Å². The molecule has 148 valence electrons. The van der Waals surface area contributed by atoms with Gasteiger partial charge in [-0.1, -0.05) is 42.8 Å². The highest BCUT2D eigenvalue weighted by Gasteiger charge is 2.26. The van der Waals surface area contributed by atoms with Crippen LogP contribution in [0.5, 0.6) is 0 Å². The number of carbonyl (C=O) groups excluding carboxylic acids is 1. The zero-order valence-electron chi connectivity index (χ0n) is 16.0. The van der Waals surface area contributed by atoms with Crippen LogP contribution < -0.4 is 0 Å². The Bertz CT molecular complexity index is 948. The van der Waals surface area contributed by atoms with Crippen LogP contribution in [0.25, 0.3) is 0 Å². The van der Waals surface area contributed by atoms with Gasteiger partial charge in [0.2, 0.25) is 15.9 Å². The van der Waals surface area contributed by atoms with Crippen LogP contribution in [0.15, 0.2) is 53.4 Å². The molecule has 2 aliphatic heterocycles. The van der Waals surface area contributed by atoms with Gasteiger partial charge in [-0.3, -0.25) is 4.79 Å². The van der Waals surface area contributed by atoms with E-state index < -0.39 is 10.0 Å². The van der Waals surface area contributed by atoms with Gasteiger partial charge in [0.1, 0.15) is 0 Å². The number of benzene rings is 2. The molecule has 1 saturated heterocycles. The first-order valence-electron chi connectivity index (χ1n) is 9.98. The lowest BCUT2D eigenvalue weighted by molar-refractivity contribution is -0.131. The molecule has 2 aromatic carbocycles. The molecule has 2 aromatic rings. The van der Waals surface area contributed by atoms with Gasteiger partial charge in [0.05, 0.1) is 11.3 Å². The second-order valence-corrected chi connectivity index (χ2v) is 9.56. The molecule has 0 radical (unpaired) electrons. The fourth-order valence-corrected chi connectivity index (χ4v) is 5.55. The van der Waals surface area contributed by atoms with Crippen LogP contribution in [0.4, 0.5) is 0 Å². The van der Waals surface area contributed by atoms with E-state index in [1.807, 2.05) is 17.0 Å². The van der Waals surface area contributed by atoms with Gasteiger partial charge in [-0.05, 0) is 48.1 Å². The van der Waals surface area contributed by atoms with Crippen LogP contribution in [-0.4, -0.2) is 43.2 Å². The second-order valence-electron chi connectivity index (χ2n) is 7.62. The SMILES string of the molecule is O=C(Cc1ccc(S(=O)(=O)N2CCCCC2)cc1)N1CCc2ccccc2C1. The Balaban J connectivity index is 1.41. The molecule has 6 heteroatoms. The molecule has 0 unspecified atom stereocenters. The molecule has 1 amide bonds. The Hall–Kier alpha value is -2.18. The summed E-state index contributed by atoms with van der Waals surface area (Å²) in [6, 6.07) is 15.1. The van der Waals surface area contributed by atoms with Crippen molar-refractivity contribution in [3.63, 3.8) is 0 Å². The summed E-state index contributed by atoms with van der Waals surface area (Å²) in [7, 11) is -3.42. The van der Waals surface area contributed by atoms with Gasteiger partial charge in [0, 0.05) is 26.2 Å². The molecule has 5 nitrogen and oxygen atoms in total. The molecule has 0 saturated carbocycles. The standard InChI is InChI=1S/C22H26N2O3S/c25-22(23-15-12-19-6-2-3-7-20(19)17-23)16-18-8-10-21(11-9-18)28(26,27)24-13-4-1-5-14-24/h2-3,6-11H,1,4-5,12-17H2. The summed E-state index contributed by atoms with van der Waals surface area (Å²) < 4.78 is 27.0. The lowest BCUT2D eigenvalue weighted by Gasteiger charge is -2.29. The lowest BCUT2D eigenvalue weighted by Crippen LogP contribution is -2.37. The second kappa shape index (κ2) is 8.05. The summed E-state index contributed by atoms with van der Waals surface area (Å²) >= 11 is 0. The van der Waals surface area contributed by atoms with Crippen LogP contribution in [0.2, 0.25) is 0 Å². The molecule has 0 spiro atoms.